The molecule has 0 spiro atoms. The zero-order chi connectivity index (χ0) is 20.1. The van der Waals surface area contributed by atoms with Crippen molar-refractivity contribution in [2.75, 3.05) is 0 Å². The topological polar surface area (TPSA) is 70.1 Å². The summed E-state index contributed by atoms with van der Waals surface area (Å²) in [6.45, 7) is 1.93. The smallest absolute Gasteiger partial charge is 0.272 e. The maximum absolute atomic E-state index is 12.4. The molecule has 0 radical (unpaired) electrons. The van der Waals surface area contributed by atoms with E-state index in [1.165, 1.54) is 0 Å². The van der Waals surface area contributed by atoms with Crippen LogP contribution in [0.25, 0.3) is 28.1 Å². The molecular formula is C24H20N4O. The van der Waals surface area contributed by atoms with Gasteiger partial charge in [0.1, 0.15) is 5.69 Å². The average Bonchev–Trinajstić information content (AvgIpc) is 3.24. The van der Waals surface area contributed by atoms with Crippen molar-refractivity contribution >= 4 is 29.0 Å². The Kier molecular flexibility index (Phi) is 5.29. The summed E-state index contributed by atoms with van der Waals surface area (Å²) < 4.78 is 0. The van der Waals surface area contributed by atoms with Gasteiger partial charge >= 0.3 is 0 Å². The molecule has 0 unspecified atom stereocenters. The highest BCUT2D eigenvalue weighted by Crippen LogP contribution is 2.27. The highest BCUT2D eigenvalue weighted by Gasteiger charge is 2.12. The predicted molar refractivity (Wildman–Crippen MR) is 118 cm³/mol. The van der Waals surface area contributed by atoms with Gasteiger partial charge in [-0.1, -0.05) is 78.9 Å². The second-order valence-electron chi connectivity index (χ2n) is 6.69. The fraction of sp³-hybridized carbons (Fsp3) is 0.0417. The zero-order valence-corrected chi connectivity index (χ0v) is 16.0. The molecule has 4 rings (SSSR count). The van der Waals surface area contributed by atoms with Crippen molar-refractivity contribution < 1.29 is 4.79 Å². The molecule has 5 heteroatoms. The number of H-pyrrole nitrogens is 1. The molecule has 0 saturated heterocycles. The molecular weight excluding hydrogens is 360 g/mol. The minimum atomic E-state index is -0.340. The molecule has 2 N–H and O–H groups in total. The number of carbonyl (C=O) groups is 1. The Hall–Kier alpha value is -3.99. The van der Waals surface area contributed by atoms with Crippen molar-refractivity contribution in [3.63, 3.8) is 0 Å². The molecule has 1 heterocycles. The van der Waals surface area contributed by atoms with Crippen LogP contribution in [0.3, 0.4) is 0 Å². The third kappa shape index (κ3) is 4.30. The van der Waals surface area contributed by atoms with Gasteiger partial charge in [0, 0.05) is 5.56 Å². The Labute approximate surface area is 168 Å². The summed E-state index contributed by atoms with van der Waals surface area (Å²) in [6.07, 6.45) is 3.61. The Morgan fingerprint density at radius 3 is 2.62 bits per heavy atom. The second kappa shape index (κ2) is 8.35. The second-order valence-corrected chi connectivity index (χ2v) is 6.69. The van der Waals surface area contributed by atoms with Crippen LogP contribution in [-0.4, -0.2) is 22.3 Å². The maximum atomic E-state index is 12.4. The number of aromatic nitrogens is 2. The third-order valence-corrected chi connectivity index (χ3v) is 4.52. The number of rotatable bonds is 5. The summed E-state index contributed by atoms with van der Waals surface area (Å²) >= 11 is 0. The molecule has 0 bridgehead atoms. The molecule has 1 amide bonds. The number of amides is 1. The summed E-state index contributed by atoms with van der Waals surface area (Å²) in [5.41, 5.74) is 6.59. The van der Waals surface area contributed by atoms with E-state index in [4.69, 9.17) is 0 Å². The lowest BCUT2D eigenvalue weighted by atomic mass is 10.0. The molecule has 0 aliphatic heterocycles. The van der Waals surface area contributed by atoms with E-state index in [0.29, 0.717) is 5.69 Å². The van der Waals surface area contributed by atoms with Crippen LogP contribution in [0.1, 0.15) is 23.0 Å². The van der Waals surface area contributed by atoms with Gasteiger partial charge < -0.3 is 0 Å². The van der Waals surface area contributed by atoms with Crippen molar-refractivity contribution in [3.05, 3.63) is 95.7 Å². The number of fused-ring (bicyclic) bond motifs is 1. The number of carbonyl (C=O) groups excluding carboxylic acids is 1. The lowest BCUT2D eigenvalue weighted by Crippen LogP contribution is -2.17. The zero-order valence-electron chi connectivity index (χ0n) is 16.0. The van der Waals surface area contributed by atoms with Gasteiger partial charge in [-0.2, -0.15) is 10.2 Å². The highest BCUT2D eigenvalue weighted by atomic mass is 16.2. The third-order valence-electron chi connectivity index (χ3n) is 4.52. The molecule has 3 aromatic carbocycles. The highest BCUT2D eigenvalue weighted by molar-refractivity contribution is 5.98. The number of benzene rings is 3. The first-order valence-electron chi connectivity index (χ1n) is 9.31. The van der Waals surface area contributed by atoms with Crippen LogP contribution in [-0.2, 0) is 0 Å². The number of nitrogens with zero attached hydrogens (tertiary/aromatic N) is 2. The molecule has 0 aliphatic rings. The van der Waals surface area contributed by atoms with E-state index in [0.717, 1.165) is 33.2 Å². The van der Waals surface area contributed by atoms with E-state index < -0.39 is 0 Å². The van der Waals surface area contributed by atoms with E-state index >= 15 is 0 Å². The van der Waals surface area contributed by atoms with Gasteiger partial charge in [-0.25, -0.2) is 5.43 Å². The standard InChI is InChI=1S/C24H20N4O/c1-17(14-18-8-3-2-4-9-18)16-25-28-24(29)23-15-22(26-27-23)21-13-7-11-19-10-5-6-12-20(19)21/h2-16H,1H3,(H,26,27)(H,28,29)/b17-14-,25-16-. The van der Waals surface area contributed by atoms with Gasteiger partial charge in [0.05, 0.1) is 11.9 Å². The Morgan fingerprint density at radius 1 is 1.00 bits per heavy atom. The number of hydrogen-bond donors (Lipinski definition) is 2. The van der Waals surface area contributed by atoms with E-state index in [1.807, 2.05) is 73.7 Å². The Balaban J connectivity index is 1.47. The number of allylic oxidation sites excluding steroid dienone is 1. The Morgan fingerprint density at radius 2 is 1.76 bits per heavy atom. The number of hydrogen-bond acceptors (Lipinski definition) is 3. The first-order chi connectivity index (χ1) is 14.2. The minimum absolute atomic E-state index is 0.340. The quantitative estimate of drug-likeness (QED) is 0.376. The fourth-order valence-corrected chi connectivity index (χ4v) is 3.13. The summed E-state index contributed by atoms with van der Waals surface area (Å²) in [7, 11) is 0. The number of hydrazone groups is 1. The molecule has 0 atom stereocenters. The first-order valence-corrected chi connectivity index (χ1v) is 9.31. The SMILES string of the molecule is CC(/C=N\NC(=O)c1cc(-c2cccc3ccccc23)n[nH]1)=C/c1ccccc1. The Bertz CT molecular complexity index is 1200. The monoisotopic (exact) mass is 380 g/mol. The van der Waals surface area contributed by atoms with Crippen LogP contribution in [0, 0.1) is 0 Å². The van der Waals surface area contributed by atoms with Crippen LogP contribution in [0.5, 0.6) is 0 Å². The molecule has 0 aliphatic carbocycles. The first kappa shape index (κ1) is 18.4. The largest absolute Gasteiger partial charge is 0.289 e. The van der Waals surface area contributed by atoms with Crippen molar-refractivity contribution in [2.24, 2.45) is 5.10 Å². The van der Waals surface area contributed by atoms with E-state index in [1.54, 1.807) is 12.3 Å². The maximum Gasteiger partial charge on any atom is 0.289 e. The number of aromatic amines is 1. The summed E-state index contributed by atoms with van der Waals surface area (Å²) in [5, 5.41) is 13.4. The molecule has 29 heavy (non-hydrogen) atoms. The molecule has 1 aromatic heterocycles. The lowest BCUT2D eigenvalue weighted by molar-refractivity contribution is 0.0950. The average molecular weight is 380 g/mol. The van der Waals surface area contributed by atoms with Crippen molar-refractivity contribution in [1.29, 1.82) is 0 Å². The fourth-order valence-electron chi connectivity index (χ4n) is 3.13. The molecule has 5 nitrogen and oxygen atoms in total. The predicted octanol–water partition coefficient (Wildman–Crippen LogP) is 5.05. The summed E-state index contributed by atoms with van der Waals surface area (Å²) in [5.74, 6) is -0.340. The van der Waals surface area contributed by atoms with Crippen LogP contribution in [0.4, 0.5) is 0 Å². The van der Waals surface area contributed by atoms with Gasteiger partial charge in [-0.05, 0) is 34.9 Å². The minimum Gasteiger partial charge on any atom is -0.272 e. The van der Waals surface area contributed by atoms with E-state index in [9.17, 15) is 4.79 Å². The van der Waals surface area contributed by atoms with Crippen LogP contribution in [0.2, 0.25) is 0 Å². The summed E-state index contributed by atoms with van der Waals surface area (Å²) in [6, 6.07) is 25.8. The molecule has 0 saturated carbocycles. The van der Waals surface area contributed by atoms with Crippen LogP contribution >= 0.6 is 0 Å². The molecule has 4 aromatic rings. The number of nitrogens with one attached hydrogen (secondary N) is 2. The van der Waals surface area contributed by atoms with Crippen molar-refractivity contribution in [2.45, 2.75) is 6.92 Å². The van der Waals surface area contributed by atoms with Gasteiger partial charge in [-0.3, -0.25) is 9.89 Å². The van der Waals surface area contributed by atoms with Gasteiger partial charge in [0.2, 0.25) is 0 Å². The molecule has 0 fully saturated rings. The van der Waals surface area contributed by atoms with Crippen LogP contribution < -0.4 is 5.43 Å². The normalized spacial score (nSPS) is 11.8. The van der Waals surface area contributed by atoms with Crippen molar-refractivity contribution in [1.82, 2.24) is 15.6 Å². The van der Waals surface area contributed by atoms with Gasteiger partial charge in [-0.15, -0.1) is 0 Å². The van der Waals surface area contributed by atoms with Crippen molar-refractivity contribution in [3.8, 4) is 11.3 Å². The van der Waals surface area contributed by atoms with Gasteiger partial charge in [0.25, 0.3) is 5.91 Å². The summed E-state index contributed by atoms with van der Waals surface area (Å²) in [4.78, 5) is 12.4. The van der Waals surface area contributed by atoms with E-state index in [2.05, 4.69) is 32.9 Å². The molecule has 142 valence electrons. The van der Waals surface area contributed by atoms with Gasteiger partial charge in [0.15, 0.2) is 0 Å². The lowest BCUT2D eigenvalue weighted by Gasteiger charge is -2.02. The van der Waals surface area contributed by atoms with E-state index in [-0.39, 0.29) is 5.91 Å². The van der Waals surface area contributed by atoms with Crippen LogP contribution in [0.15, 0.2) is 89.5 Å².